The van der Waals surface area contributed by atoms with E-state index in [4.69, 9.17) is 9.47 Å². The maximum atomic E-state index is 13.0. The number of likely N-dealkylation sites (tertiary alicyclic amines) is 1. The van der Waals surface area contributed by atoms with Gasteiger partial charge in [0.1, 0.15) is 11.5 Å². The summed E-state index contributed by atoms with van der Waals surface area (Å²) in [5, 5.41) is 0. The lowest BCUT2D eigenvalue weighted by atomic mass is 9.93. The normalized spacial score (nSPS) is 18.4. The SMILES string of the molecule is COc1ccc(OC)c2c1CCN(CC1CCN(Cc3cccc(C(F)(F)F)c3)CC1)C2. The van der Waals surface area contributed by atoms with Crippen molar-refractivity contribution < 1.29 is 22.6 Å². The van der Waals surface area contributed by atoms with Crippen LogP contribution < -0.4 is 9.47 Å². The Hall–Kier alpha value is -2.25. The average molecular weight is 449 g/mol. The van der Waals surface area contributed by atoms with Crippen molar-refractivity contribution >= 4 is 0 Å². The van der Waals surface area contributed by atoms with Crippen LogP contribution in [0, 0.1) is 5.92 Å². The minimum atomic E-state index is -4.29. The Morgan fingerprint density at radius 1 is 0.906 bits per heavy atom. The standard InChI is InChI=1S/C25H31F3N2O2/c1-31-23-6-7-24(32-2)22-17-30(13-10-21(22)23)15-18-8-11-29(12-9-18)16-19-4-3-5-20(14-19)25(26,27)28/h3-7,14,18H,8-13,15-17H2,1-2H3. The first-order valence-electron chi connectivity index (χ1n) is 11.2. The van der Waals surface area contributed by atoms with E-state index in [9.17, 15) is 13.2 Å². The predicted octanol–water partition coefficient (Wildman–Crippen LogP) is 4.99. The highest BCUT2D eigenvalue weighted by Gasteiger charge is 2.31. The van der Waals surface area contributed by atoms with Crippen LogP contribution in [-0.4, -0.2) is 50.2 Å². The molecule has 2 aromatic carbocycles. The Labute approximate surface area is 187 Å². The molecule has 4 nitrogen and oxygen atoms in total. The summed E-state index contributed by atoms with van der Waals surface area (Å²) in [4.78, 5) is 4.77. The first kappa shape index (κ1) is 22.9. The average Bonchev–Trinajstić information content (AvgIpc) is 2.79. The second kappa shape index (κ2) is 9.71. The number of methoxy groups -OCH3 is 2. The molecule has 0 aliphatic carbocycles. The molecule has 2 aliphatic rings. The molecule has 7 heteroatoms. The molecular formula is C25H31F3N2O2. The molecular weight excluding hydrogens is 417 g/mol. The van der Waals surface area contributed by atoms with Gasteiger partial charge in [0.2, 0.25) is 0 Å². The van der Waals surface area contributed by atoms with Crippen LogP contribution in [0.4, 0.5) is 13.2 Å². The van der Waals surface area contributed by atoms with E-state index in [2.05, 4.69) is 9.80 Å². The van der Waals surface area contributed by atoms with Crippen LogP contribution in [0.1, 0.15) is 35.1 Å². The molecule has 4 rings (SSSR count). The lowest BCUT2D eigenvalue weighted by molar-refractivity contribution is -0.137. The van der Waals surface area contributed by atoms with Gasteiger partial charge in [-0.05, 0) is 62.0 Å². The number of benzene rings is 2. The van der Waals surface area contributed by atoms with Crippen molar-refractivity contribution in [2.45, 2.75) is 38.5 Å². The first-order chi connectivity index (χ1) is 15.4. The molecule has 32 heavy (non-hydrogen) atoms. The van der Waals surface area contributed by atoms with Gasteiger partial charge in [-0.15, -0.1) is 0 Å². The van der Waals surface area contributed by atoms with Crippen LogP contribution in [0.2, 0.25) is 0 Å². The fraction of sp³-hybridized carbons (Fsp3) is 0.520. The van der Waals surface area contributed by atoms with E-state index in [0.29, 0.717) is 12.5 Å². The van der Waals surface area contributed by atoms with Gasteiger partial charge in [-0.25, -0.2) is 0 Å². The highest BCUT2D eigenvalue weighted by molar-refractivity contribution is 5.50. The summed E-state index contributed by atoms with van der Waals surface area (Å²) in [5.41, 5.74) is 2.63. The molecule has 2 aliphatic heterocycles. The van der Waals surface area contributed by atoms with Gasteiger partial charge in [0, 0.05) is 37.3 Å². The fourth-order valence-electron chi connectivity index (χ4n) is 5.00. The Bertz CT molecular complexity index is 924. The number of halogens is 3. The molecule has 0 amide bonds. The molecule has 1 saturated heterocycles. The van der Waals surface area contributed by atoms with Crippen molar-refractivity contribution in [3.05, 3.63) is 58.7 Å². The van der Waals surface area contributed by atoms with Gasteiger partial charge in [0.05, 0.1) is 19.8 Å². The van der Waals surface area contributed by atoms with Crippen molar-refractivity contribution in [2.75, 3.05) is 40.4 Å². The minimum absolute atomic E-state index is 0.567. The minimum Gasteiger partial charge on any atom is -0.496 e. The zero-order valence-electron chi connectivity index (χ0n) is 18.8. The molecule has 0 N–H and O–H groups in total. The van der Waals surface area contributed by atoms with Crippen LogP contribution >= 0.6 is 0 Å². The predicted molar refractivity (Wildman–Crippen MR) is 118 cm³/mol. The molecule has 0 spiro atoms. The van der Waals surface area contributed by atoms with E-state index in [0.717, 1.165) is 75.1 Å². The quantitative estimate of drug-likeness (QED) is 0.622. The lowest BCUT2D eigenvalue weighted by Gasteiger charge is -2.37. The van der Waals surface area contributed by atoms with Gasteiger partial charge in [-0.2, -0.15) is 13.2 Å². The zero-order chi connectivity index (χ0) is 22.7. The summed E-state index contributed by atoms with van der Waals surface area (Å²) >= 11 is 0. The van der Waals surface area contributed by atoms with Gasteiger partial charge in [0.25, 0.3) is 0 Å². The molecule has 0 atom stereocenters. The molecule has 0 unspecified atom stereocenters. The van der Waals surface area contributed by atoms with Gasteiger partial charge < -0.3 is 9.47 Å². The number of ether oxygens (including phenoxy) is 2. The Morgan fingerprint density at radius 3 is 2.25 bits per heavy atom. The number of nitrogens with zero attached hydrogens (tertiary/aromatic N) is 2. The Morgan fingerprint density at radius 2 is 1.59 bits per heavy atom. The van der Waals surface area contributed by atoms with Gasteiger partial charge >= 0.3 is 6.18 Å². The highest BCUT2D eigenvalue weighted by Crippen LogP contribution is 2.35. The smallest absolute Gasteiger partial charge is 0.416 e. The molecule has 0 saturated carbocycles. The zero-order valence-corrected chi connectivity index (χ0v) is 18.8. The molecule has 2 heterocycles. The van der Waals surface area contributed by atoms with Gasteiger partial charge in [-0.3, -0.25) is 9.80 Å². The number of piperidine rings is 1. The summed E-state index contributed by atoms with van der Waals surface area (Å²) in [6.45, 7) is 5.31. The van der Waals surface area contributed by atoms with Crippen LogP contribution in [-0.2, 0) is 25.7 Å². The maximum Gasteiger partial charge on any atom is 0.416 e. The van der Waals surface area contributed by atoms with Gasteiger partial charge in [-0.1, -0.05) is 18.2 Å². The third kappa shape index (κ3) is 5.21. The van der Waals surface area contributed by atoms with E-state index in [-0.39, 0.29) is 0 Å². The van der Waals surface area contributed by atoms with Crippen LogP contribution in [0.15, 0.2) is 36.4 Å². The number of hydrogen-bond donors (Lipinski definition) is 0. The molecule has 0 bridgehead atoms. The summed E-state index contributed by atoms with van der Waals surface area (Å²) < 4.78 is 50.0. The fourth-order valence-corrected chi connectivity index (χ4v) is 5.00. The Kier molecular flexibility index (Phi) is 6.96. The second-order valence-electron chi connectivity index (χ2n) is 8.83. The summed E-state index contributed by atoms with van der Waals surface area (Å²) in [6, 6.07) is 9.66. The van der Waals surface area contributed by atoms with Crippen molar-refractivity contribution in [3.8, 4) is 11.5 Å². The van der Waals surface area contributed by atoms with Crippen LogP contribution in [0.25, 0.3) is 0 Å². The number of hydrogen-bond acceptors (Lipinski definition) is 4. The van der Waals surface area contributed by atoms with Gasteiger partial charge in [0.15, 0.2) is 0 Å². The van der Waals surface area contributed by atoms with E-state index < -0.39 is 11.7 Å². The van der Waals surface area contributed by atoms with Crippen molar-refractivity contribution in [1.82, 2.24) is 9.80 Å². The molecule has 0 radical (unpaired) electrons. The molecule has 174 valence electrons. The molecule has 2 aromatic rings. The number of rotatable bonds is 6. The topological polar surface area (TPSA) is 24.9 Å². The van der Waals surface area contributed by atoms with Crippen molar-refractivity contribution in [2.24, 2.45) is 5.92 Å². The van der Waals surface area contributed by atoms with E-state index in [1.807, 2.05) is 12.1 Å². The molecule has 0 aromatic heterocycles. The van der Waals surface area contributed by atoms with Crippen LogP contribution in [0.3, 0.4) is 0 Å². The lowest BCUT2D eigenvalue weighted by Crippen LogP contribution is -2.40. The number of alkyl halides is 3. The number of fused-ring (bicyclic) bond motifs is 1. The monoisotopic (exact) mass is 448 g/mol. The third-order valence-electron chi connectivity index (χ3n) is 6.73. The summed E-state index contributed by atoms with van der Waals surface area (Å²) in [7, 11) is 3.42. The third-order valence-corrected chi connectivity index (χ3v) is 6.73. The Balaban J connectivity index is 1.31. The second-order valence-corrected chi connectivity index (χ2v) is 8.83. The summed E-state index contributed by atoms with van der Waals surface area (Å²) in [6.07, 6.45) is -1.21. The van der Waals surface area contributed by atoms with E-state index in [1.54, 1.807) is 20.3 Å². The van der Waals surface area contributed by atoms with Crippen molar-refractivity contribution in [3.63, 3.8) is 0 Å². The van der Waals surface area contributed by atoms with Crippen LogP contribution in [0.5, 0.6) is 11.5 Å². The van der Waals surface area contributed by atoms with E-state index in [1.165, 1.54) is 23.3 Å². The largest absolute Gasteiger partial charge is 0.496 e. The highest BCUT2D eigenvalue weighted by atomic mass is 19.4. The summed E-state index contributed by atoms with van der Waals surface area (Å²) in [5.74, 6) is 2.45. The molecule has 1 fully saturated rings. The maximum absolute atomic E-state index is 13.0. The van der Waals surface area contributed by atoms with E-state index >= 15 is 0 Å². The van der Waals surface area contributed by atoms with Crippen molar-refractivity contribution in [1.29, 1.82) is 0 Å². The first-order valence-corrected chi connectivity index (χ1v) is 11.2.